The van der Waals surface area contributed by atoms with E-state index in [4.69, 9.17) is 14.2 Å². The van der Waals surface area contributed by atoms with Crippen molar-refractivity contribution >= 4 is 26.6 Å². The van der Waals surface area contributed by atoms with Gasteiger partial charge in [-0.1, -0.05) is 12.1 Å². The fourth-order valence-electron chi connectivity index (χ4n) is 3.99. The first-order valence-electron chi connectivity index (χ1n) is 11.6. The molecule has 10 heteroatoms. The number of nitrogens with zero attached hydrogens (tertiary/aromatic N) is 3. The van der Waals surface area contributed by atoms with Gasteiger partial charge in [-0.05, 0) is 67.1 Å². The van der Waals surface area contributed by atoms with Gasteiger partial charge in [-0.2, -0.15) is 0 Å². The molecule has 0 unspecified atom stereocenters. The molecular formula is C28H24N4O5S. The number of pyridine rings is 1. The average Bonchev–Trinajstić information content (AvgIpc) is 2.94. The molecule has 5 rings (SSSR count). The molecule has 0 fully saturated rings. The Morgan fingerprint density at radius 2 is 1.61 bits per heavy atom. The Kier molecular flexibility index (Phi) is 6.80. The SMILES string of the molecule is COc1ccc2c(Oc3ccc(NS(=O)(=O)c4cccc(-c5ncccn5)c4)c(C)c3)ccnc2c1OC. The fraction of sp³-hybridized carbons (Fsp3) is 0.107. The van der Waals surface area contributed by atoms with Crippen LogP contribution in [0.4, 0.5) is 5.69 Å². The van der Waals surface area contributed by atoms with Crippen molar-refractivity contribution < 1.29 is 22.6 Å². The molecule has 2 heterocycles. The van der Waals surface area contributed by atoms with E-state index in [-0.39, 0.29) is 4.90 Å². The molecule has 9 nitrogen and oxygen atoms in total. The van der Waals surface area contributed by atoms with Gasteiger partial charge in [0.25, 0.3) is 10.0 Å². The van der Waals surface area contributed by atoms with Crippen LogP contribution in [-0.4, -0.2) is 37.6 Å². The van der Waals surface area contributed by atoms with Gasteiger partial charge in [0, 0.05) is 29.5 Å². The standard InChI is InChI=1S/C28H24N4O5S/c1-18-16-20(37-24-12-15-29-26-22(24)9-11-25(35-2)27(26)36-3)8-10-23(18)32-38(33,34)21-7-4-6-19(17-21)28-30-13-5-14-31-28/h4-17,32H,1-3H3. The van der Waals surface area contributed by atoms with Gasteiger partial charge >= 0.3 is 0 Å². The van der Waals surface area contributed by atoms with E-state index in [1.807, 2.05) is 6.07 Å². The van der Waals surface area contributed by atoms with Crippen molar-refractivity contribution in [2.45, 2.75) is 11.8 Å². The van der Waals surface area contributed by atoms with E-state index in [0.717, 1.165) is 5.39 Å². The summed E-state index contributed by atoms with van der Waals surface area (Å²) in [6, 6.07) is 18.7. The topological polar surface area (TPSA) is 113 Å². The summed E-state index contributed by atoms with van der Waals surface area (Å²) in [7, 11) is -0.738. The van der Waals surface area contributed by atoms with E-state index >= 15 is 0 Å². The lowest BCUT2D eigenvalue weighted by molar-refractivity contribution is 0.358. The number of hydrogen-bond donors (Lipinski definition) is 1. The molecule has 1 N–H and O–H groups in total. The highest BCUT2D eigenvalue weighted by Gasteiger charge is 2.18. The van der Waals surface area contributed by atoms with Crippen LogP contribution in [-0.2, 0) is 10.0 Å². The van der Waals surface area contributed by atoms with Gasteiger partial charge in [-0.25, -0.2) is 18.4 Å². The Morgan fingerprint density at radius 3 is 2.34 bits per heavy atom. The maximum Gasteiger partial charge on any atom is 0.261 e. The smallest absolute Gasteiger partial charge is 0.261 e. The number of aromatic nitrogens is 3. The van der Waals surface area contributed by atoms with Crippen LogP contribution in [0.3, 0.4) is 0 Å². The van der Waals surface area contributed by atoms with Crippen LogP contribution >= 0.6 is 0 Å². The molecule has 0 saturated carbocycles. The molecule has 0 aliphatic rings. The maximum atomic E-state index is 13.2. The molecule has 0 spiro atoms. The molecule has 0 aliphatic carbocycles. The van der Waals surface area contributed by atoms with Gasteiger partial charge in [0.15, 0.2) is 17.3 Å². The molecule has 5 aromatic rings. The summed E-state index contributed by atoms with van der Waals surface area (Å²) < 4.78 is 46.0. The minimum Gasteiger partial charge on any atom is -0.493 e. The van der Waals surface area contributed by atoms with Crippen LogP contribution < -0.4 is 18.9 Å². The molecule has 3 aromatic carbocycles. The summed E-state index contributed by atoms with van der Waals surface area (Å²) in [5.74, 6) is 2.64. The maximum absolute atomic E-state index is 13.2. The Bertz CT molecular complexity index is 1730. The van der Waals surface area contributed by atoms with Gasteiger partial charge in [-0.15, -0.1) is 0 Å². The second-order valence-corrected chi connectivity index (χ2v) is 9.97. The van der Waals surface area contributed by atoms with E-state index in [0.29, 0.717) is 51.2 Å². The molecular weight excluding hydrogens is 504 g/mol. The number of rotatable bonds is 8. The highest BCUT2D eigenvalue weighted by molar-refractivity contribution is 7.92. The Labute approximate surface area is 220 Å². The first-order chi connectivity index (χ1) is 18.4. The summed E-state index contributed by atoms with van der Waals surface area (Å²) >= 11 is 0. The number of benzene rings is 3. The lowest BCUT2D eigenvalue weighted by Gasteiger charge is -2.15. The lowest BCUT2D eigenvalue weighted by Crippen LogP contribution is -2.14. The molecule has 2 aromatic heterocycles. The van der Waals surface area contributed by atoms with Crippen LogP contribution in [0.25, 0.3) is 22.3 Å². The predicted molar refractivity (Wildman–Crippen MR) is 144 cm³/mol. The lowest BCUT2D eigenvalue weighted by atomic mass is 10.1. The number of sulfonamides is 1. The molecule has 0 aliphatic heterocycles. The van der Waals surface area contributed by atoms with E-state index in [1.165, 1.54) is 6.07 Å². The van der Waals surface area contributed by atoms with E-state index in [9.17, 15) is 8.42 Å². The fourth-order valence-corrected chi connectivity index (χ4v) is 5.17. The van der Waals surface area contributed by atoms with Gasteiger partial charge in [-0.3, -0.25) is 9.71 Å². The van der Waals surface area contributed by atoms with Crippen molar-refractivity contribution in [3.05, 3.63) is 90.9 Å². The molecule has 0 bridgehead atoms. The zero-order valence-electron chi connectivity index (χ0n) is 20.9. The zero-order valence-corrected chi connectivity index (χ0v) is 21.7. The highest BCUT2D eigenvalue weighted by atomic mass is 32.2. The van der Waals surface area contributed by atoms with Crippen molar-refractivity contribution in [2.75, 3.05) is 18.9 Å². The normalized spacial score (nSPS) is 11.2. The van der Waals surface area contributed by atoms with Gasteiger partial charge in [0.2, 0.25) is 0 Å². The summed E-state index contributed by atoms with van der Waals surface area (Å²) in [5.41, 5.74) is 2.33. The van der Waals surface area contributed by atoms with E-state index in [2.05, 4.69) is 19.7 Å². The Balaban J connectivity index is 1.40. The monoisotopic (exact) mass is 528 g/mol. The first-order valence-corrected chi connectivity index (χ1v) is 13.1. The number of hydrogen-bond acceptors (Lipinski definition) is 8. The van der Waals surface area contributed by atoms with Crippen molar-refractivity contribution in [2.24, 2.45) is 0 Å². The number of methoxy groups -OCH3 is 2. The molecule has 0 amide bonds. The first kappa shape index (κ1) is 25.0. The van der Waals surface area contributed by atoms with Crippen LogP contribution in [0.2, 0.25) is 0 Å². The summed E-state index contributed by atoms with van der Waals surface area (Å²) in [4.78, 5) is 12.9. The number of anilines is 1. The third-order valence-electron chi connectivity index (χ3n) is 5.85. The van der Waals surface area contributed by atoms with Crippen molar-refractivity contribution in [1.82, 2.24) is 15.0 Å². The highest BCUT2D eigenvalue weighted by Crippen LogP contribution is 2.39. The van der Waals surface area contributed by atoms with Crippen LogP contribution in [0, 0.1) is 6.92 Å². The summed E-state index contributed by atoms with van der Waals surface area (Å²) in [6.45, 7) is 1.80. The van der Waals surface area contributed by atoms with Crippen molar-refractivity contribution in [3.63, 3.8) is 0 Å². The van der Waals surface area contributed by atoms with Gasteiger partial charge < -0.3 is 14.2 Å². The quantitative estimate of drug-likeness (QED) is 0.277. The van der Waals surface area contributed by atoms with Crippen LogP contribution in [0.1, 0.15) is 5.56 Å². The largest absolute Gasteiger partial charge is 0.493 e. The third-order valence-corrected chi connectivity index (χ3v) is 7.22. The van der Waals surface area contributed by atoms with Crippen LogP contribution in [0.15, 0.2) is 90.2 Å². The van der Waals surface area contributed by atoms with Crippen molar-refractivity contribution in [3.8, 4) is 34.4 Å². The average molecular weight is 529 g/mol. The van der Waals surface area contributed by atoms with Gasteiger partial charge in [0.05, 0.1) is 24.8 Å². The zero-order chi connectivity index (χ0) is 26.7. The molecule has 0 radical (unpaired) electrons. The minimum absolute atomic E-state index is 0.106. The molecule has 38 heavy (non-hydrogen) atoms. The Morgan fingerprint density at radius 1 is 0.789 bits per heavy atom. The second kappa shape index (κ2) is 10.3. The molecule has 0 saturated heterocycles. The summed E-state index contributed by atoms with van der Waals surface area (Å²) in [6.07, 6.45) is 4.84. The third kappa shape index (κ3) is 4.94. The minimum atomic E-state index is -3.86. The number of fused-ring (bicyclic) bond motifs is 1. The second-order valence-electron chi connectivity index (χ2n) is 8.29. The number of aryl methyl sites for hydroxylation is 1. The van der Waals surface area contributed by atoms with Crippen LogP contribution in [0.5, 0.6) is 23.0 Å². The Hall–Kier alpha value is -4.70. The summed E-state index contributed by atoms with van der Waals surface area (Å²) in [5, 5.41) is 0.745. The van der Waals surface area contributed by atoms with E-state index in [1.54, 1.807) is 94.3 Å². The molecule has 0 atom stereocenters. The molecule has 192 valence electrons. The predicted octanol–water partition coefficient (Wildman–Crippen LogP) is 5.61. The number of ether oxygens (including phenoxy) is 3. The van der Waals surface area contributed by atoms with E-state index < -0.39 is 10.0 Å². The van der Waals surface area contributed by atoms with Gasteiger partial charge in [0.1, 0.15) is 17.0 Å². The number of nitrogens with one attached hydrogen (secondary N) is 1. The van der Waals surface area contributed by atoms with Crippen molar-refractivity contribution in [1.29, 1.82) is 0 Å².